The molecule has 14 heteroatoms. The van der Waals surface area contributed by atoms with E-state index in [0.717, 1.165) is 0 Å². The quantitative estimate of drug-likeness (QED) is 0.143. The van der Waals surface area contributed by atoms with Gasteiger partial charge in [-0.05, 0) is 6.42 Å². The van der Waals surface area contributed by atoms with Crippen molar-refractivity contribution in [1.29, 1.82) is 0 Å². The zero-order valence-corrected chi connectivity index (χ0v) is 16.9. The lowest BCUT2D eigenvalue weighted by Gasteiger charge is -2.23. The summed E-state index contributed by atoms with van der Waals surface area (Å²) in [4.78, 5) is 65.2. The Labute approximate surface area is 177 Å². The number of aromatic amines is 1. The third kappa shape index (κ3) is 8.91. The zero-order chi connectivity index (χ0) is 22.7. The molecule has 166 valence electrons. The molecule has 0 aliphatic heterocycles. The Balaban J connectivity index is 2.77. The molecular weight excluding hydrogens is 418 g/mol. The summed E-state index contributed by atoms with van der Waals surface area (Å²) in [7, 11) is 0. The molecule has 9 N–H and O–H groups in total. The van der Waals surface area contributed by atoms with E-state index in [2.05, 4.69) is 38.5 Å². The van der Waals surface area contributed by atoms with Gasteiger partial charge in [0.25, 0.3) is 0 Å². The Bertz CT molecular complexity index is 757. The van der Waals surface area contributed by atoms with Crippen LogP contribution in [-0.4, -0.2) is 75.1 Å². The summed E-state index contributed by atoms with van der Waals surface area (Å²) < 4.78 is 0. The van der Waals surface area contributed by atoms with Crippen LogP contribution in [0.2, 0.25) is 0 Å². The van der Waals surface area contributed by atoms with Crippen molar-refractivity contribution in [2.75, 3.05) is 12.3 Å². The fraction of sp³-hybridized carbons (Fsp3) is 0.500. The van der Waals surface area contributed by atoms with Crippen molar-refractivity contribution in [2.45, 2.75) is 37.4 Å². The van der Waals surface area contributed by atoms with E-state index in [1.54, 1.807) is 0 Å². The van der Waals surface area contributed by atoms with Gasteiger partial charge in [-0.15, -0.1) is 0 Å². The minimum Gasteiger partial charge on any atom is -0.480 e. The molecule has 0 radical (unpaired) electrons. The first kappa shape index (κ1) is 24.9. The number of primary amides is 1. The summed E-state index contributed by atoms with van der Waals surface area (Å²) >= 11 is 3.97. The van der Waals surface area contributed by atoms with Crippen LogP contribution in [0.4, 0.5) is 0 Å². The largest absolute Gasteiger partial charge is 0.480 e. The van der Waals surface area contributed by atoms with E-state index >= 15 is 0 Å². The minimum atomic E-state index is -1.26. The number of imidazole rings is 1. The summed E-state index contributed by atoms with van der Waals surface area (Å²) in [5.41, 5.74) is 11.6. The Kier molecular flexibility index (Phi) is 10.3. The Morgan fingerprint density at radius 1 is 1.13 bits per heavy atom. The van der Waals surface area contributed by atoms with E-state index in [-0.39, 0.29) is 25.0 Å². The molecule has 1 heterocycles. The lowest BCUT2D eigenvalue weighted by Crippen LogP contribution is -2.56. The second-order valence-electron chi connectivity index (χ2n) is 6.31. The highest BCUT2D eigenvalue weighted by Crippen LogP contribution is 2.02. The first-order chi connectivity index (χ1) is 14.1. The molecule has 13 nitrogen and oxygen atoms in total. The molecular formula is C16H25N7O6S. The number of nitrogens with zero attached hydrogens (tertiary/aromatic N) is 1. The molecule has 0 saturated heterocycles. The highest BCUT2D eigenvalue weighted by Gasteiger charge is 2.28. The second-order valence-corrected chi connectivity index (χ2v) is 6.67. The highest BCUT2D eigenvalue weighted by atomic mass is 32.1. The maximum Gasteiger partial charge on any atom is 0.322 e. The first-order valence-electron chi connectivity index (χ1n) is 8.86. The number of amides is 4. The van der Waals surface area contributed by atoms with Gasteiger partial charge in [0.1, 0.15) is 18.6 Å². The van der Waals surface area contributed by atoms with Crippen molar-refractivity contribution in [3.63, 3.8) is 0 Å². The number of carbonyl (C=O) groups is 5. The third-order valence-corrected chi connectivity index (χ3v) is 4.24. The van der Waals surface area contributed by atoms with Gasteiger partial charge in [0.15, 0.2) is 0 Å². The number of hydrogen-bond acceptors (Lipinski definition) is 8. The normalized spacial score (nSPS) is 13.5. The van der Waals surface area contributed by atoms with Crippen LogP contribution in [0.25, 0.3) is 0 Å². The van der Waals surface area contributed by atoms with Crippen LogP contribution in [0.1, 0.15) is 18.5 Å². The molecule has 1 aromatic heterocycles. The monoisotopic (exact) mass is 443 g/mol. The van der Waals surface area contributed by atoms with Crippen molar-refractivity contribution >= 4 is 42.2 Å². The molecule has 4 amide bonds. The molecule has 0 saturated carbocycles. The van der Waals surface area contributed by atoms with Crippen molar-refractivity contribution in [3.05, 3.63) is 18.2 Å². The number of nitrogens with two attached hydrogens (primary N) is 2. The number of carboxylic acid groups (broad SMARTS) is 1. The van der Waals surface area contributed by atoms with Crippen molar-refractivity contribution < 1.29 is 29.1 Å². The molecule has 3 atom stereocenters. The summed E-state index contributed by atoms with van der Waals surface area (Å²) in [5.74, 6) is -4.28. The molecule has 1 aromatic rings. The number of nitrogens with one attached hydrogen (secondary N) is 4. The Hall–Kier alpha value is -3.13. The van der Waals surface area contributed by atoms with Gasteiger partial charge in [0.2, 0.25) is 23.6 Å². The van der Waals surface area contributed by atoms with Gasteiger partial charge in [-0.25, -0.2) is 4.98 Å². The van der Waals surface area contributed by atoms with E-state index in [4.69, 9.17) is 16.6 Å². The summed E-state index contributed by atoms with van der Waals surface area (Å²) in [6.45, 7) is -0.636. The summed E-state index contributed by atoms with van der Waals surface area (Å²) in [5, 5.41) is 15.5. The maximum atomic E-state index is 12.6. The predicted octanol–water partition coefficient (Wildman–Crippen LogP) is -3.35. The average Bonchev–Trinajstić information content (AvgIpc) is 3.19. The molecule has 0 aliphatic rings. The number of carbonyl (C=O) groups excluding carboxylic acids is 4. The maximum absolute atomic E-state index is 12.6. The second kappa shape index (κ2) is 12.4. The Morgan fingerprint density at radius 2 is 1.80 bits per heavy atom. The number of aromatic nitrogens is 2. The number of carboxylic acids is 1. The minimum absolute atomic E-state index is 0.125. The molecule has 1 rings (SSSR count). The van der Waals surface area contributed by atoms with Gasteiger partial charge in [-0.1, -0.05) is 0 Å². The van der Waals surface area contributed by atoms with Crippen molar-refractivity contribution in [3.8, 4) is 0 Å². The number of H-pyrrole nitrogens is 1. The van der Waals surface area contributed by atoms with Gasteiger partial charge < -0.3 is 37.5 Å². The van der Waals surface area contributed by atoms with E-state index < -0.39 is 54.3 Å². The van der Waals surface area contributed by atoms with Crippen LogP contribution in [0.3, 0.4) is 0 Å². The lowest BCUT2D eigenvalue weighted by atomic mass is 10.1. The topological polar surface area (TPSA) is 222 Å². The molecule has 0 spiro atoms. The lowest BCUT2D eigenvalue weighted by molar-refractivity contribution is -0.138. The van der Waals surface area contributed by atoms with E-state index in [1.165, 1.54) is 12.5 Å². The van der Waals surface area contributed by atoms with Gasteiger partial charge in [0.05, 0.1) is 12.4 Å². The molecule has 0 bridgehead atoms. The number of thiol groups is 1. The van der Waals surface area contributed by atoms with Crippen LogP contribution in [-0.2, 0) is 30.4 Å². The van der Waals surface area contributed by atoms with E-state index in [9.17, 15) is 24.0 Å². The van der Waals surface area contributed by atoms with Crippen LogP contribution in [0.15, 0.2) is 12.5 Å². The molecule has 30 heavy (non-hydrogen) atoms. The van der Waals surface area contributed by atoms with Crippen LogP contribution in [0, 0.1) is 0 Å². The van der Waals surface area contributed by atoms with Gasteiger partial charge >= 0.3 is 5.97 Å². The van der Waals surface area contributed by atoms with E-state index in [1.807, 2.05) is 0 Å². The first-order valence-corrected chi connectivity index (χ1v) is 9.49. The molecule has 0 fully saturated rings. The number of rotatable bonds is 13. The zero-order valence-electron chi connectivity index (χ0n) is 16.0. The summed E-state index contributed by atoms with van der Waals surface area (Å²) in [6.07, 6.45) is 2.73. The smallest absolute Gasteiger partial charge is 0.322 e. The molecule has 3 unspecified atom stereocenters. The van der Waals surface area contributed by atoms with E-state index in [0.29, 0.717) is 5.69 Å². The van der Waals surface area contributed by atoms with Gasteiger partial charge in [-0.2, -0.15) is 12.6 Å². The van der Waals surface area contributed by atoms with Crippen molar-refractivity contribution in [1.82, 2.24) is 25.9 Å². The molecule has 0 aromatic carbocycles. The number of hydrogen-bond donors (Lipinski definition) is 8. The summed E-state index contributed by atoms with van der Waals surface area (Å²) in [6, 6.07) is -3.37. The van der Waals surface area contributed by atoms with Gasteiger partial charge in [0, 0.05) is 30.5 Å². The highest BCUT2D eigenvalue weighted by molar-refractivity contribution is 7.80. The van der Waals surface area contributed by atoms with Crippen molar-refractivity contribution in [2.24, 2.45) is 11.5 Å². The molecule has 0 aliphatic carbocycles. The fourth-order valence-corrected chi connectivity index (χ4v) is 2.57. The SMILES string of the molecule is NC(=O)CCC(NC(=O)C(N)Cc1cnc[nH]1)C(=O)NC(CS)C(=O)NCC(=O)O. The number of aliphatic carboxylic acids is 1. The van der Waals surface area contributed by atoms with Crippen LogP contribution < -0.4 is 27.4 Å². The van der Waals surface area contributed by atoms with Crippen LogP contribution in [0.5, 0.6) is 0 Å². The van der Waals surface area contributed by atoms with Gasteiger partial charge in [-0.3, -0.25) is 24.0 Å². The standard InChI is InChI=1S/C16H25N7O6S/c17-9(3-8-4-19-7-21-8)14(27)22-10(1-2-12(18)24)16(29)23-11(6-30)15(28)20-5-13(25)26/h4,7,9-11,30H,1-3,5-6,17H2,(H2,18,24)(H,19,21)(H,20,28)(H,22,27)(H,23,29)(H,25,26). The average molecular weight is 443 g/mol. The third-order valence-electron chi connectivity index (χ3n) is 3.87. The predicted molar refractivity (Wildman–Crippen MR) is 107 cm³/mol. The Morgan fingerprint density at radius 3 is 2.33 bits per heavy atom. The van der Waals surface area contributed by atoms with Crippen LogP contribution >= 0.6 is 12.6 Å². The fourth-order valence-electron chi connectivity index (χ4n) is 2.31.